The van der Waals surface area contributed by atoms with Crippen molar-refractivity contribution in [2.24, 2.45) is 0 Å². The van der Waals surface area contributed by atoms with Gasteiger partial charge in [-0.15, -0.1) is 0 Å². The Labute approximate surface area is 107 Å². The lowest BCUT2D eigenvalue weighted by atomic mass is 10.0. The zero-order valence-electron chi connectivity index (χ0n) is 9.38. The van der Waals surface area contributed by atoms with Crippen LogP contribution < -0.4 is 0 Å². The highest BCUT2D eigenvalue weighted by molar-refractivity contribution is 14.1. The fourth-order valence-corrected chi connectivity index (χ4v) is 2.72. The van der Waals surface area contributed by atoms with Gasteiger partial charge in [-0.2, -0.15) is 0 Å². The molecule has 0 aliphatic rings. The van der Waals surface area contributed by atoms with Crippen LogP contribution in [0.1, 0.15) is 47.7 Å². The predicted octanol–water partition coefficient (Wildman–Crippen LogP) is 5.39. The van der Waals surface area contributed by atoms with Gasteiger partial charge in [0.1, 0.15) is 0 Å². The van der Waals surface area contributed by atoms with Gasteiger partial charge in [0.2, 0.25) is 0 Å². The Kier molecular flexibility index (Phi) is 5.99. The first-order valence-electron chi connectivity index (χ1n) is 5.65. The summed E-state index contributed by atoms with van der Waals surface area (Å²) in [5.41, 5.74) is 2.72. The van der Waals surface area contributed by atoms with Crippen molar-refractivity contribution in [1.29, 1.82) is 0 Å². The molecular weight excluding hydrogens is 295 g/mol. The first kappa shape index (κ1) is 12.8. The molecule has 0 aliphatic heterocycles. The summed E-state index contributed by atoms with van der Waals surface area (Å²) in [6.45, 7) is 6.12. The summed E-state index contributed by atoms with van der Waals surface area (Å²) in [7, 11) is 0. The maximum absolute atomic E-state index is 3.87. The largest absolute Gasteiger partial charge is 0.0985 e. The van der Waals surface area contributed by atoms with E-state index in [9.17, 15) is 0 Å². The van der Waals surface area contributed by atoms with Gasteiger partial charge in [-0.25, -0.2) is 0 Å². The normalized spacial score (nSPS) is 12.4. The molecule has 15 heavy (non-hydrogen) atoms. The molecule has 1 atom stereocenters. The average Bonchev–Trinajstić information content (AvgIpc) is 2.29. The van der Waals surface area contributed by atoms with Gasteiger partial charge in [0.05, 0.1) is 0 Å². The van der Waals surface area contributed by atoms with Crippen LogP contribution in [-0.2, 0) is 0 Å². The fourth-order valence-electron chi connectivity index (χ4n) is 1.71. The molecule has 0 radical (unpaired) electrons. The monoisotopic (exact) mass is 314 g/mol. The molecule has 0 amide bonds. The third kappa shape index (κ3) is 3.98. The van der Waals surface area contributed by atoms with Crippen molar-refractivity contribution in [2.75, 3.05) is 0 Å². The van der Waals surface area contributed by atoms with Gasteiger partial charge >= 0.3 is 0 Å². The van der Waals surface area contributed by atoms with Crippen LogP contribution in [-0.4, -0.2) is 0 Å². The standard InChI is InChI=1S/C14H19I/c1-3-5-6-11-14(15)13-10-8-7-9-12(13)4-2/h4,7-10,14H,2-3,5-6,11H2,1H3. The van der Waals surface area contributed by atoms with Crippen LogP contribution in [0.25, 0.3) is 6.08 Å². The summed E-state index contributed by atoms with van der Waals surface area (Å²) in [5, 5.41) is 0. The maximum Gasteiger partial charge on any atom is 0.0365 e. The van der Waals surface area contributed by atoms with Gasteiger partial charge < -0.3 is 0 Å². The summed E-state index contributed by atoms with van der Waals surface area (Å²) in [6.07, 6.45) is 7.21. The zero-order valence-corrected chi connectivity index (χ0v) is 11.5. The minimum absolute atomic E-state index is 0.628. The molecule has 0 nitrogen and oxygen atoms in total. The van der Waals surface area contributed by atoms with E-state index in [0.29, 0.717) is 3.92 Å². The first-order valence-corrected chi connectivity index (χ1v) is 6.89. The van der Waals surface area contributed by atoms with E-state index < -0.39 is 0 Å². The molecule has 0 fully saturated rings. The lowest BCUT2D eigenvalue weighted by Crippen LogP contribution is -1.93. The summed E-state index contributed by atoms with van der Waals surface area (Å²) >= 11 is 2.55. The molecule has 1 aromatic carbocycles. The molecule has 0 N–H and O–H groups in total. The van der Waals surface area contributed by atoms with Crippen molar-refractivity contribution in [3.05, 3.63) is 42.0 Å². The summed E-state index contributed by atoms with van der Waals surface area (Å²) in [5.74, 6) is 0. The Hall–Kier alpha value is -0.310. The van der Waals surface area contributed by atoms with Crippen LogP contribution in [0.15, 0.2) is 30.8 Å². The molecule has 0 heterocycles. The first-order chi connectivity index (χ1) is 7.29. The highest BCUT2D eigenvalue weighted by Crippen LogP contribution is 2.31. The van der Waals surface area contributed by atoms with Crippen molar-refractivity contribution in [3.8, 4) is 0 Å². The molecule has 1 heteroatoms. The highest BCUT2D eigenvalue weighted by Gasteiger charge is 2.09. The quantitative estimate of drug-likeness (QED) is 0.375. The number of unbranched alkanes of at least 4 members (excludes halogenated alkanes) is 2. The van der Waals surface area contributed by atoms with Crippen molar-refractivity contribution < 1.29 is 0 Å². The van der Waals surface area contributed by atoms with Gasteiger partial charge in [-0.1, -0.05) is 85.7 Å². The Morgan fingerprint density at radius 2 is 2.07 bits per heavy atom. The number of hydrogen-bond acceptors (Lipinski definition) is 0. The number of hydrogen-bond donors (Lipinski definition) is 0. The van der Waals surface area contributed by atoms with Crippen LogP contribution in [0.5, 0.6) is 0 Å². The Morgan fingerprint density at radius 1 is 1.33 bits per heavy atom. The molecule has 0 spiro atoms. The smallest absolute Gasteiger partial charge is 0.0365 e. The van der Waals surface area contributed by atoms with Crippen molar-refractivity contribution in [1.82, 2.24) is 0 Å². The second-order valence-corrected chi connectivity index (χ2v) is 5.30. The molecule has 0 bridgehead atoms. The predicted molar refractivity (Wildman–Crippen MR) is 77.4 cm³/mol. The van der Waals surface area contributed by atoms with Crippen molar-refractivity contribution >= 4 is 28.7 Å². The number of rotatable bonds is 6. The van der Waals surface area contributed by atoms with E-state index in [1.165, 1.54) is 36.8 Å². The molecule has 0 aliphatic carbocycles. The highest BCUT2D eigenvalue weighted by atomic mass is 127. The molecule has 0 saturated carbocycles. The van der Waals surface area contributed by atoms with Crippen molar-refractivity contribution in [2.45, 2.75) is 36.5 Å². The number of benzene rings is 1. The SMILES string of the molecule is C=Cc1ccccc1C(I)CCCCC. The van der Waals surface area contributed by atoms with Crippen molar-refractivity contribution in [3.63, 3.8) is 0 Å². The summed E-state index contributed by atoms with van der Waals surface area (Å²) in [6, 6.07) is 8.57. The Morgan fingerprint density at radius 3 is 2.73 bits per heavy atom. The van der Waals surface area contributed by atoms with Crippen LogP contribution >= 0.6 is 22.6 Å². The second kappa shape index (κ2) is 7.04. The van der Waals surface area contributed by atoms with E-state index in [1.807, 2.05) is 6.08 Å². The van der Waals surface area contributed by atoms with Gasteiger partial charge in [-0.3, -0.25) is 0 Å². The second-order valence-electron chi connectivity index (χ2n) is 3.80. The minimum atomic E-state index is 0.628. The molecule has 1 aromatic rings. The van der Waals surface area contributed by atoms with Gasteiger partial charge in [0.15, 0.2) is 0 Å². The number of alkyl halides is 1. The van der Waals surface area contributed by atoms with Crippen LogP contribution in [0, 0.1) is 0 Å². The van der Waals surface area contributed by atoms with Crippen LogP contribution in [0.2, 0.25) is 0 Å². The fraction of sp³-hybridized carbons (Fsp3) is 0.429. The summed E-state index contributed by atoms with van der Waals surface area (Å²) < 4.78 is 0.628. The molecule has 82 valence electrons. The molecule has 1 unspecified atom stereocenters. The average molecular weight is 314 g/mol. The Bertz CT molecular complexity index is 304. The van der Waals surface area contributed by atoms with E-state index in [1.54, 1.807) is 0 Å². The van der Waals surface area contributed by atoms with E-state index in [2.05, 4.69) is 60.4 Å². The third-order valence-electron chi connectivity index (χ3n) is 2.61. The topological polar surface area (TPSA) is 0 Å². The van der Waals surface area contributed by atoms with Gasteiger partial charge in [0, 0.05) is 3.92 Å². The third-order valence-corrected chi connectivity index (χ3v) is 3.91. The van der Waals surface area contributed by atoms with Crippen LogP contribution in [0.3, 0.4) is 0 Å². The van der Waals surface area contributed by atoms with Crippen LogP contribution in [0.4, 0.5) is 0 Å². The van der Waals surface area contributed by atoms with E-state index >= 15 is 0 Å². The molecular formula is C14H19I. The molecule has 0 aromatic heterocycles. The number of halogens is 1. The van der Waals surface area contributed by atoms with E-state index in [-0.39, 0.29) is 0 Å². The Balaban J connectivity index is 2.63. The molecule has 0 saturated heterocycles. The minimum Gasteiger partial charge on any atom is -0.0985 e. The van der Waals surface area contributed by atoms with E-state index in [4.69, 9.17) is 0 Å². The van der Waals surface area contributed by atoms with Gasteiger partial charge in [0.25, 0.3) is 0 Å². The maximum atomic E-state index is 3.87. The molecule has 1 rings (SSSR count). The zero-order chi connectivity index (χ0) is 11.1. The lowest BCUT2D eigenvalue weighted by Gasteiger charge is -2.12. The summed E-state index contributed by atoms with van der Waals surface area (Å²) in [4.78, 5) is 0. The lowest BCUT2D eigenvalue weighted by molar-refractivity contribution is 0.668. The van der Waals surface area contributed by atoms with E-state index in [0.717, 1.165) is 0 Å². The van der Waals surface area contributed by atoms with Gasteiger partial charge in [-0.05, 0) is 17.5 Å².